The van der Waals surface area contributed by atoms with E-state index >= 15 is 0 Å². The zero-order valence-corrected chi connectivity index (χ0v) is 13.3. The van der Waals surface area contributed by atoms with Crippen molar-refractivity contribution in [3.05, 3.63) is 75.6 Å². The maximum Gasteiger partial charge on any atom is 0.349 e. The molecule has 23 heavy (non-hydrogen) atoms. The molecule has 116 valence electrons. The molecule has 0 saturated heterocycles. The maximum absolute atomic E-state index is 12.7. The Morgan fingerprint density at radius 2 is 1.65 bits per heavy atom. The lowest BCUT2D eigenvalue weighted by Crippen LogP contribution is -2.30. The number of para-hydroxylation sites is 1. The number of fused-ring (bicyclic) bond motifs is 1. The molecule has 0 radical (unpaired) electrons. The number of hydrogen-bond donors (Lipinski definition) is 0. The van der Waals surface area contributed by atoms with Crippen molar-refractivity contribution in [1.82, 2.24) is 0 Å². The van der Waals surface area contributed by atoms with Crippen LogP contribution in [0.15, 0.2) is 57.7 Å². The van der Waals surface area contributed by atoms with Gasteiger partial charge < -0.3 is 9.32 Å². The number of carbonyl (C=O) groups excluding carboxylic acids is 1. The molecule has 0 spiro atoms. The van der Waals surface area contributed by atoms with E-state index in [9.17, 15) is 9.59 Å². The maximum atomic E-state index is 12.7. The van der Waals surface area contributed by atoms with Crippen LogP contribution >= 0.6 is 0 Å². The Kier molecular flexibility index (Phi) is 3.74. The van der Waals surface area contributed by atoms with E-state index in [1.165, 1.54) is 4.90 Å². The second-order valence-electron chi connectivity index (χ2n) is 5.70. The summed E-state index contributed by atoms with van der Waals surface area (Å²) in [6.07, 6.45) is 0. The Bertz CT molecular complexity index is 936. The number of aryl methyl sites for hydroxylation is 2. The van der Waals surface area contributed by atoms with Gasteiger partial charge in [-0.3, -0.25) is 4.79 Å². The van der Waals surface area contributed by atoms with Crippen LogP contribution in [0.25, 0.3) is 11.0 Å². The molecule has 4 heteroatoms. The summed E-state index contributed by atoms with van der Waals surface area (Å²) in [6.45, 7) is 3.94. The fourth-order valence-corrected chi connectivity index (χ4v) is 2.65. The first-order valence-corrected chi connectivity index (χ1v) is 7.35. The molecule has 0 unspecified atom stereocenters. The van der Waals surface area contributed by atoms with Gasteiger partial charge in [-0.1, -0.05) is 24.3 Å². The van der Waals surface area contributed by atoms with Crippen LogP contribution < -0.4 is 10.5 Å². The van der Waals surface area contributed by atoms with Gasteiger partial charge in [0.1, 0.15) is 11.1 Å². The molecule has 0 fully saturated rings. The van der Waals surface area contributed by atoms with E-state index in [-0.39, 0.29) is 11.5 Å². The van der Waals surface area contributed by atoms with Crippen molar-refractivity contribution in [1.29, 1.82) is 0 Å². The molecule has 0 aliphatic heterocycles. The fourth-order valence-electron chi connectivity index (χ4n) is 2.65. The highest BCUT2D eigenvalue weighted by Gasteiger charge is 2.19. The first kappa shape index (κ1) is 15.0. The van der Waals surface area contributed by atoms with Crippen LogP contribution in [0.5, 0.6) is 0 Å². The van der Waals surface area contributed by atoms with Gasteiger partial charge in [0.2, 0.25) is 0 Å². The number of rotatable bonds is 2. The normalized spacial score (nSPS) is 10.7. The summed E-state index contributed by atoms with van der Waals surface area (Å²) in [6, 6.07) is 14.6. The Hall–Kier alpha value is -2.88. The molecule has 4 nitrogen and oxygen atoms in total. The Morgan fingerprint density at radius 1 is 1.00 bits per heavy atom. The molecule has 0 aliphatic carbocycles. The van der Waals surface area contributed by atoms with Crippen molar-refractivity contribution in [3.8, 4) is 0 Å². The second-order valence-corrected chi connectivity index (χ2v) is 5.70. The summed E-state index contributed by atoms with van der Waals surface area (Å²) in [5.74, 6) is -0.380. The molecule has 2 aromatic carbocycles. The van der Waals surface area contributed by atoms with Crippen LogP contribution in [0.3, 0.4) is 0 Å². The highest BCUT2D eigenvalue weighted by atomic mass is 16.4. The van der Waals surface area contributed by atoms with Gasteiger partial charge in [0.15, 0.2) is 0 Å². The first-order valence-electron chi connectivity index (χ1n) is 7.35. The second kappa shape index (κ2) is 5.72. The van der Waals surface area contributed by atoms with E-state index in [0.29, 0.717) is 5.58 Å². The van der Waals surface area contributed by atoms with Crippen molar-refractivity contribution in [3.63, 3.8) is 0 Å². The smallest absolute Gasteiger partial charge is 0.349 e. The van der Waals surface area contributed by atoms with E-state index in [4.69, 9.17) is 4.42 Å². The Morgan fingerprint density at radius 3 is 2.35 bits per heavy atom. The average molecular weight is 307 g/mol. The molecular formula is C19H17NO3. The van der Waals surface area contributed by atoms with E-state index < -0.39 is 5.63 Å². The third kappa shape index (κ3) is 2.88. The summed E-state index contributed by atoms with van der Waals surface area (Å²) in [5, 5.41) is 0.726. The molecule has 1 aromatic heterocycles. The molecule has 0 N–H and O–H groups in total. The molecule has 0 saturated carbocycles. The third-order valence-electron chi connectivity index (χ3n) is 3.77. The summed E-state index contributed by atoms with van der Waals surface area (Å²) < 4.78 is 5.24. The van der Waals surface area contributed by atoms with Gasteiger partial charge in [-0.2, -0.15) is 0 Å². The molecular weight excluding hydrogens is 290 g/mol. The van der Waals surface area contributed by atoms with Gasteiger partial charge >= 0.3 is 5.63 Å². The number of carbonyl (C=O) groups is 1. The zero-order chi connectivity index (χ0) is 16.6. The van der Waals surface area contributed by atoms with Gasteiger partial charge in [-0.05, 0) is 49.2 Å². The molecule has 0 aliphatic rings. The minimum atomic E-state index is -0.620. The lowest BCUT2D eigenvalue weighted by molar-refractivity contribution is 0.0989. The largest absolute Gasteiger partial charge is 0.422 e. The van der Waals surface area contributed by atoms with Crippen LogP contribution in [-0.4, -0.2) is 13.0 Å². The third-order valence-corrected chi connectivity index (χ3v) is 3.77. The standard InChI is InChI=1S/C19H17NO3/c1-12-8-13(2)10-15(9-12)20(3)18(21)16-11-14-6-4-5-7-17(14)23-19(16)22/h4-11H,1-3H3. The van der Waals surface area contributed by atoms with Crippen molar-refractivity contribution in [2.75, 3.05) is 11.9 Å². The number of nitrogens with zero attached hydrogens (tertiary/aromatic N) is 1. The minimum absolute atomic E-state index is 0.0327. The molecule has 0 atom stereocenters. The van der Waals surface area contributed by atoms with Crippen molar-refractivity contribution < 1.29 is 9.21 Å². The lowest BCUT2D eigenvalue weighted by atomic mass is 10.1. The number of hydrogen-bond acceptors (Lipinski definition) is 3. The average Bonchev–Trinajstić information content (AvgIpc) is 2.52. The summed E-state index contributed by atoms with van der Waals surface area (Å²) in [5.41, 5.74) is 2.76. The summed E-state index contributed by atoms with van der Waals surface area (Å²) in [4.78, 5) is 26.3. The minimum Gasteiger partial charge on any atom is -0.422 e. The quantitative estimate of drug-likeness (QED) is 0.679. The highest BCUT2D eigenvalue weighted by molar-refractivity contribution is 6.06. The van der Waals surface area contributed by atoms with Crippen LogP contribution in [0.4, 0.5) is 5.69 Å². The van der Waals surface area contributed by atoms with E-state index in [0.717, 1.165) is 22.2 Å². The van der Waals surface area contributed by atoms with Crippen LogP contribution in [0.2, 0.25) is 0 Å². The van der Waals surface area contributed by atoms with Crippen molar-refractivity contribution in [2.24, 2.45) is 0 Å². The number of amides is 1. The fraction of sp³-hybridized carbons (Fsp3) is 0.158. The molecule has 3 aromatic rings. The Labute approximate surface area is 134 Å². The predicted octanol–water partition coefficient (Wildman–Crippen LogP) is 3.69. The monoisotopic (exact) mass is 307 g/mol. The van der Waals surface area contributed by atoms with Gasteiger partial charge in [0, 0.05) is 18.1 Å². The molecule has 1 amide bonds. The predicted molar refractivity (Wildman–Crippen MR) is 91.1 cm³/mol. The SMILES string of the molecule is Cc1cc(C)cc(N(C)C(=O)c2cc3ccccc3oc2=O)c1. The van der Waals surface area contributed by atoms with E-state index in [1.54, 1.807) is 25.2 Å². The Balaban J connectivity index is 2.05. The van der Waals surface area contributed by atoms with Crippen LogP contribution in [0, 0.1) is 13.8 Å². The molecule has 0 bridgehead atoms. The van der Waals surface area contributed by atoms with Gasteiger partial charge in [-0.25, -0.2) is 4.79 Å². The van der Waals surface area contributed by atoms with Gasteiger partial charge in [-0.15, -0.1) is 0 Å². The summed E-state index contributed by atoms with van der Waals surface area (Å²) >= 11 is 0. The summed E-state index contributed by atoms with van der Waals surface area (Å²) in [7, 11) is 1.66. The molecule has 3 rings (SSSR count). The molecule has 1 heterocycles. The van der Waals surface area contributed by atoms with Crippen molar-refractivity contribution in [2.45, 2.75) is 13.8 Å². The van der Waals surface area contributed by atoms with Crippen molar-refractivity contribution >= 4 is 22.6 Å². The van der Waals surface area contributed by atoms with Crippen LogP contribution in [-0.2, 0) is 0 Å². The van der Waals surface area contributed by atoms with Gasteiger partial charge in [0.25, 0.3) is 5.91 Å². The zero-order valence-electron chi connectivity index (χ0n) is 13.3. The first-order chi connectivity index (χ1) is 11.0. The van der Waals surface area contributed by atoms with E-state index in [2.05, 4.69) is 0 Å². The number of anilines is 1. The lowest BCUT2D eigenvalue weighted by Gasteiger charge is -2.18. The van der Waals surface area contributed by atoms with Crippen LogP contribution in [0.1, 0.15) is 21.5 Å². The highest BCUT2D eigenvalue weighted by Crippen LogP contribution is 2.20. The van der Waals surface area contributed by atoms with Gasteiger partial charge in [0.05, 0.1) is 0 Å². The topological polar surface area (TPSA) is 50.5 Å². The number of benzene rings is 2. The van der Waals surface area contributed by atoms with E-state index in [1.807, 2.05) is 44.2 Å².